The second-order valence-corrected chi connectivity index (χ2v) is 5.85. The quantitative estimate of drug-likeness (QED) is 0.879. The van der Waals surface area contributed by atoms with E-state index in [0.29, 0.717) is 19.5 Å². The average Bonchev–Trinajstić information content (AvgIpc) is 2.46. The summed E-state index contributed by atoms with van der Waals surface area (Å²) >= 11 is 0. The number of halogens is 1. The van der Waals surface area contributed by atoms with Gasteiger partial charge < -0.3 is 16.4 Å². The number of nitrogens with zero attached hydrogens (tertiary/aromatic N) is 1. The first kappa shape index (κ1) is 18.5. The Hall–Kier alpha value is -1.59. The molecule has 1 saturated heterocycles. The summed E-state index contributed by atoms with van der Waals surface area (Å²) in [5.41, 5.74) is 13.3. The summed E-state index contributed by atoms with van der Waals surface area (Å²) in [5, 5.41) is 0. The summed E-state index contributed by atoms with van der Waals surface area (Å²) < 4.78 is 0. The fourth-order valence-corrected chi connectivity index (χ4v) is 2.83. The highest BCUT2D eigenvalue weighted by atomic mass is 35.5. The molecule has 1 heterocycles. The van der Waals surface area contributed by atoms with Gasteiger partial charge in [0.25, 0.3) is 0 Å². The maximum Gasteiger partial charge on any atom is 0.244 e. The zero-order valence-electron chi connectivity index (χ0n) is 12.8. The third-order valence-corrected chi connectivity index (χ3v) is 4.02. The number of carbonyl (C=O) groups excluding carboxylic acids is 2. The first-order valence-corrected chi connectivity index (χ1v) is 7.36. The van der Waals surface area contributed by atoms with Crippen LogP contribution in [0.2, 0.25) is 0 Å². The van der Waals surface area contributed by atoms with Crippen LogP contribution in [0.1, 0.15) is 36.4 Å². The highest BCUT2D eigenvalue weighted by Crippen LogP contribution is 2.22. The van der Waals surface area contributed by atoms with Crippen LogP contribution in [-0.2, 0) is 9.59 Å². The topological polar surface area (TPSA) is 89.4 Å². The SMILES string of the molecule is Cc1ccc(C(N)C(=O)N2CCCC(CC(N)=O)C2)cc1.Cl. The Balaban J connectivity index is 0.00000242. The Morgan fingerprint density at radius 1 is 1.32 bits per heavy atom. The lowest BCUT2D eigenvalue weighted by Crippen LogP contribution is -2.45. The van der Waals surface area contributed by atoms with E-state index in [-0.39, 0.29) is 30.1 Å². The van der Waals surface area contributed by atoms with E-state index in [0.717, 1.165) is 24.0 Å². The third-order valence-electron chi connectivity index (χ3n) is 4.02. The summed E-state index contributed by atoms with van der Waals surface area (Å²) in [6.45, 7) is 3.27. The first-order valence-electron chi connectivity index (χ1n) is 7.36. The lowest BCUT2D eigenvalue weighted by atomic mass is 9.93. The van der Waals surface area contributed by atoms with Gasteiger partial charge in [0.05, 0.1) is 0 Å². The second kappa shape index (κ2) is 8.15. The number of rotatable bonds is 4. The fourth-order valence-electron chi connectivity index (χ4n) is 2.83. The van der Waals surface area contributed by atoms with Crippen LogP contribution >= 0.6 is 12.4 Å². The summed E-state index contributed by atoms with van der Waals surface area (Å²) in [5.74, 6) is -0.226. The van der Waals surface area contributed by atoms with E-state index in [4.69, 9.17) is 11.5 Å². The maximum atomic E-state index is 12.5. The minimum atomic E-state index is -0.641. The molecule has 5 nitrogen and oxygen atoms in total. The number of likely N-dealkylation sites (tertiary alicyclic amines) is 1. The molecule has 0 aliphatic carbocycles. The van der Waals surface area contributed by atoms with Crippen molar-refractivity contribution in [1.29, 1.82) is 0 Å². The molecule has 6 heteroatoms. The highest BCUT2D eigenvalue weighted by Gasteiger charge is 2.28. The van der Waals surface area contributed by atoms with E-state index >= 15 is 0 Å². The number of hydrogen-bond donors (Lipinski definition) is 2. The number of piperidine rings is 1. The molecule has 1 aliphatic rings. The van der Waals surface area contributed by atoms with Crippen LogP contribution in [-0.4, -0.2) is 29.8 Å². The van der Waals surface area contributed by atoms with Gasteiger partial charge in [0.2, 0.25) is 11.8 Å². The summed E-state index contributed by atoms with van der Waals surface area (Å²) in [6, 6.07) is 7.05. The molecule has 1 aromatic rings. The molecule has 4 N–H and O–H groups in total. The van der Waals surface area contributed by atoms with E-state index in [1.807, 2.05) is 31.2 Å². The minimum Gasteiger partial charge on any atom is -0.370 e. The Labute approximate surface area is 137 Å². The van der Waals surface area contributed by atoms with Crippen LogP contribution in [0.3, 0.4) is 0 Å². The number of primary amides is 1. The standard InChI is InChI=1S/C16H23N3O2.ClH/c1-11-4-6-13(7-5-11)15(18)16(21)19-8-2-3-12(10-19)9-14(17)20;/h4-7,12,15H,2-3,8-10,18H2,1H3,(H2,17,20);1H. The van der Waals surface area contributed by atoms with E-state index in [2.05, 4.69) is 0 Å². The van der Waals surface area contributed by atoms with Crippen LogP contribution in [0.5, 0.6) is 0 Å². The third kappa shape index (κ3) is 4.71. The van der Waals surface area contributed by atoms with Gasteiger partial charge in [-0.15, -0.1) is 12.4 Å². The van der Waals surface area contributed by atoms with Gasteiger partial charge in [-0.3, -0.25) is 9.59 Å². The minimum absolute atomic E-state index is 0. The van der Waals surface area contributed by atoms with E-state index in [1.165, 1.54) is 0 Å². The molecule has 122 valence electrons. The van der Waals surface area contributed by atoms with E-state index in [1.54, 1.807) is 4.90 Å². The van der Waals surface area contributed by atoms with Crippen molar-refractivity contribution in [2.45, 2.75) is 32.2 Å². The molecule has 0 bridgehead atoms. The molecule has 1 aromatic carbocycles. The molecule has 0 saturated carbocycles. The number of nitrogens with two attached hydrogens (primary N) is 2. The molecule has 2 amide bonds. The Kier molecular flexibility index (Phi) is 6.84. The van der Waals surface area contributed by atoms with Crippen molar-refractivity contribution in [3.8, 4) is 0 Å². The van der Waals surface area contributed by atoms with Crippen LogP contribution in [0.4, 0.5) is 0 Å². The first-order chi connectivity index (χ1) is 9.97. The lowest BCUT2D eigenvalue weighted by Gasteiger charge is -2.34. The Bertz CT molecular complexity index is 519. The molecule has 0 spiro atoms. The van der Waals surface area contributed by atoms with Crippen molar-refractivity contribution in [3.05, 3.63) is 35.4 Å². The van der Waals surface area contributed by atoms with Crippen LogP contribution in [0.15, 0.2) is 24.3 Å². The zero-order chi connectivity index (χ0) is 15.4. The normalized spacial score (nSPS) is 19.2. The molecule has 2 atom stereocenters. The van der Waals surface area contributed by atoms with Crippen molar-refractivity contribution >= 4 is 24.2 Å². The van der Waals surface area contributed by atoms with Gasteiger partial charge in [-0.1, -0.05) is 29.8 Å². The smallest absolute Gasteiger partial charge is 0.244 e. The van der Waals surface area contributed by atoms with Crippen molar-refractivity contribution in [3.63, 3.8) is 0 Å². The molecule has 2 unspecified atom stereocenters. The van der Waals surface area contributed by atoms with Gasteiger partial charge in [0.15, 0.2) is 0 Å². The molecule has 0 aromatic heterocycles. The average molecular weight is 326 g/mol. The molecule has 22 heavy (non-hydrogen) atoms. The van der Waals surface area contributed by atoms with Crippen molar-refractivity contribution in [2.75, 3.05) is 13.1 Å². The van der Waals surface area contributed by atoms with Crippen molar-refractivity contribution in [1.82, 2.24) is 4.90 Å². The maximum absolute atomic E-state index is 12.5. The van der Waals surface area contributed by atoms with Gasteiger partial charge >= 0.3 is 0 Å². The highest BCUT2D eigenvalue weighted by molar-refractivity contribution is 5.85. The molecular weight excluding hydrogens is 302 g/mol. The summed E-state index contributed by atoms with van der Waals surface area (Å²) in [6.07, 6.45) is 2.17. The molecular formula is C16H24ClN3O2. The molecule has 1 fully saturated rings. The lowest BCUT2D eigenvalue weighted by molar-refractivity contribution is -0.135. The predicted molar refractivity (Wildman–Crippen MR) is 88.5 cm³/mol. The molecule has 2 rings (SSSR count). The van der Waals surface area contributed by atoms with E-state index in [9.17, 15) is 9.59 Å². The molecule has 1 aliphatic heterocycles. The van der Waals surface area contributed by atoms with Gasteiger partial charge in [0.1, 0.15) is 6.04 Å². The van der Waals surface area contributed by atoms with Gasteiger partial charge in [-0.2, -0.15) is 0 Å². The van der Waals surface area contributed by atoms with Gasteiger partial charge in [0, 0.05) is 19.5 Å². The summed E-state index contributed by atoms with van der Waals surface area (Å²) in [4.78, 5) is 25.3. The number of aryl methyl sites for hydroxylation is 1. The van der Waals surface area contributed by atoms with Gasteiger partial charge in [-0.05, 0) is 31.2 Å². The predicted octanol–water partition coefficient (Wildman–Crippen LogP) is 1.53. The monoisotopic (exact) mass is 325 g/mol. The Morgan fingerprint density at radius 2 is 1.95 bits per heavy atom. The van der Waals surface area contributed by atoms with Gasteiger partial charge in [-0.25, -0.2) is 0 Å². The Morgan fingerprint density at radius 3 is 2.55 bits per heavy atom. The number of amides is 2. The largest absolute Gasteiger partial charge is 0.370 e. The van der Waals surface area contributed by atoms with E-state index < -0.39 is 6.04 Å². The summed E-state index contributed by atoms with van der Waals surface area (Å²) in [7, 11) is 0. The van der Waals surface area contributed by atoms with Crippen molar-refractivity contribution < 1.29 is 9.59 Å². The van der Waals surface area contributed by atoms with Crippen LogP contribution < -0.4 is 11.5 Å². The second-order valence-electron chi connectivity index (χ2n) is 5.85. The number of hydrogen-bond acceptors (Lipinski definition) is 3. The number of carbonyl (C=O) groups is 2. The van der Waals surface area contributed by atoms with Crippen LogP contribution in [0.25, 0.3) is 0 Å². The zero-order valence-corrected chi connectivity index (χ0v) is 13.6. The van der Waals surface area contributed by atoms with Crippen molar-refractivity contribution in [2.24, 2.45) is 17.4 Å². The van der Waals surface area contributed by atoms with Crippen LogP contribution in [0, 0.1) is 12.8 Å². The molecule has 0 radical (unpaired) electrons. The number of benzene rings is 1. The fraction of sp³-hybridized carbons (Fsp3) is 0.500.